The number of carbonyl (C=O) groups excluding carboxylic acids is 1. The van der Waals surface area contributed by atoms with Crippen LogP contribution in [0.3, 0.4) is 0 Å². The molecule has 0 bridgehead atoms. The average Bonchev–Trinajstić information content (AvgIpc) is 2.61. The maximum atomic E-state index is 14.0. The standard InChI is InChI=1S/C20H23FN4O/c1-13-11-16-19(18(26)12-13)14(2)22-20(23-16)25-9-7-24(8-10-25)17-6-4-3-5-15(17)21/h3-6,13H,7-12H2,1-2H3/t13-/m1/s1. The van der Waals surface area contributed by atoms with Gasteiger partial charge in [0.15, 0.2) is 5.78 Å². The zero-order chi connectivity index (χ0) is 18.3. The molecule has 0 unspecified atom stereocenters. The van der Waals surface area contributed by atoms with E-state index in [0.29, 0.717) is 24.0 Å². The first kappa shape index (κ1) is 16.9. The number of aryl methyl sites for hydroxylation is 1. The quantitative estimate of drug-likeness (QED) is 0.830. The molecule has 1 aliphatic heterocycles. The van der Waals surface area contributed by atoms with Crippen molar-refractivity contribution in [1.29, 1.82) is 0 Å². The molecule has 1 aromatic carbocycles. The molecule has 1 atom stereocenters. The van der Waals surface area contributed by atoms with E-state index in [9.17, 15) is 9.18 Å². The van der Waals surface area contributed by atoms with Crippen molar-refractivity contribution in [3.8, 4) is 0 Å². The SMILES string of the molecule is Cc1nc(N2CCN(c3ccccc3F)CC2)nc2c1C(=O)C[C@H](C)C2. The van der Waals surface area contributed by atoms with Crippen molar-refractivity contribution in [3.05, 3.63) is 47.0 Å². The summed E-state index contributed by atoms with van der Waals surface area (Å²) in [6.07, 6.45) is 1.41. The summed E-state index contributed by atoms with van der Waals surface area (Å²) in [7, 11) is 0. The van der Waals surface area contributed by atoms with E-state index in [1.54, 1.807) is 6.07 Å². The predicted octanol–water partition coefficient (Wildman–Crippen LogP) is 3.02. The van der Waals surface area contributed by atoms with Crippen molar-refractivity contribution in [2.24, 2.45) is 5.92 Å². The van der Waals surface area contributed by atoms with Crippen LogP contribution in [0.1, 0.15) is 35.1 Å². The molecule has 0 radical (unpaired) electrons. The van der Waals surface area contributed by atoms with Crippen LogP contribution in [0, 0.1) is 18.7 Å². The molecule has 0 amide bonds. The van der Waals surface area contributed by atoms with Crippen LogP contribution in [0.25, 0.3) is 0 Å². The second kappa shape index (κ2) is 6.67. The number of halogens is 1. The first-order valence-electron chi connectivity index (χ1n) is 9.18. The highest BCUT2D eigenvalue weighted by Crippen LogP contribution is 2.28. The van der Waals surface area contributed by atoms with Crippen LogP contribution in [-0.4, -0.2) is 41.9 Å². The van der Waals surface area contributed by atoms with Crippen LogP contribution in [0.4, 0.5) is 16.0 Å². The lowest BCUT2D eigenvalue weighted by Crippen LogP contribution is -2.47. The highest BCUT2D eigenvalue weighted by molar-refractivity contribution is 5.99. The maximum absolute atomic E-state index is 14.0. The van der Waals surface area contributed by atoms with Gasteiger partial charge < -0.3 is 9.80 Å². The number of fused-ring (bicyclic) bond motifs is 1. The molecule has 1 aromatic heterocycles. The van der Waals surface area contributed by atoms with Crippen molar-refractivity contribution >= 4 is 17.4 Å². The Labute approximate surface area is 152 Å². The number of benzene rings is 1. The highest BCUT2D eigenvalue weighted by atomic mass is 19.1. The summed E-state index contributed by atoms with van der Waals surface area (Å²) in [5, 5.41) is 0. The molecule has 1 fully saturated rings. The van der Waals surface area contributed by atoms with Gasteiger partial charge in [-0.3, -0.25) is 4.79 Å². The summed E-state index contributed by atoms with van der Waals surface area (Å²) >= 11 is 0. The number of rotatable bonds is 2. The molecule has 136 valence electrons. The Hall–Kier alpha value is -2.50. The van der Waals surface area contributed by atoms with Crippen molar-refractivity contribution in [2.75, 3.05) is 36.0 Å². The number of para-hydroxylation sites is 1. The zero-order valence-corrected chi connectivity index (χ0v) is 15.2. The summed E-state index contributed by atoms with van der Waals surface area (Å²) in [5.41, 5.74) is 3.03. The molecule has 1 aliphatic carbocycles. The molecule has 4 rings (SSSR count). The lowest BCUT2D eigenvalue weighted by atomic mass is 9.86. The van der Waals surface area contributed by atoms with Crippen LogP contribution in [0.2, 0.25) is 0 Å². The van der Waals surface area contributed by atoms with Crippen LogP contribution in [0.15, 0.2) is 24.3 Å². The van der Waals surface area contributed by atoms with Gasteiger partial charge in [0.2, 0.25) is 5.95 Å². The van der Waals surface area contributed by atoms with Gasteiger partial charge in [-0.1, -0.05) is 19.1 Å². The lowest BCUT2D eigenvalue weighted by Gasteiger charge is -2.36. The summed E-state index contributed by atoms with van der Waals surface area (Å²) in [6, 6.07) is 6.88. The molecule has 0 N–H and O–H groups in total. The van der Waals surface area contributed by atoms with Gasteiger partial charge in [-0.25, -0.2) is 14.4 Å². The highest BCUT2D eigenvalue weighted by Gasteiger charge is 2.28. The van der Waals surface area contributed by atoms with E-state index in [2.05, 4.69) is 21.7 Å². The smallest absolute Gasteiger partial charge is 0.225 e. The number of hydrogen-bond donors (Lipinski definition) is 0. The van der Waals surface area contributed by atoms with Crippen molar-refractivity contribution in [2.45, 2.75) is 26.7 Å². The molecule has 2 heterocycles. The average molecular weight is 354 g/mol. The monoisotopic (exact) mass is 354 g/mol. The number of aromatic nitrogens is 2. The number of carbonyl (C=O) groups is 1. The van der Waals surface area contributed by atoms with Crippen LogP contribution >= 0.6 is 0 Å². The summed E-state index contributed by atoms with van der Waals surface area (Å²) < 4.78 is 14.0. The van der Waals surface area contributed by atoms with Gasteiger partial charge in [-0.15, -0.1) is 0 Å². The second-order valence-electron chi connectivity index (χ2n) is 7.29. The van der Waals surface area contributed by atoms with E-state index < -0.39 is 0 Å². The molecular formula is C20H23FN4O. The molecular weight excluding hydrogens is 331 g/mol. The van der Waals surface area contributed by atoms with Gasteiger partial charge in [-0.05, 0) is 31.4 Å². The minimum atomic E-state index is -0.186. The van der Waals surface area contributed by atoms with Gasteiger partial charge in [0.25, 0.3) is 0 Å². The summed E-state index contributed by atoms with van der Waals surface area (Å²) in [5.74, 6) is 0.993. The fourth-order valence-electron chi connectivity index (χ4n) is 3.94. The molecule has 2 aromatic rings. The molecule has 0 spiro atoms. The minimum Gasteiger partial charge on any atom is -0.366 e. The third-order valence-corrected chi connectivity index (χ3v) is 5.26. The third-order valence-electron chi connectivity index (χ3n) is 5.26. The normalized spacial score (nSPS) is 20.3. The number of nitrogens with zero attached hydrogens (tertiary/aromatic N) is 4. The van der Waals surface area contributed by atoms with Gasteiger partial charge in [-0.2, -0.15) is 0 Å². The lowest BCUT2D eigenvalue weighted by molar-refractivity contribution is 0.0951. The van der Waals surface area contributed by atoms with Gasteiger partial charge in [0.1, 0.15) is 5.82 Å². The fraction of sp³-hybridized carbons (Fsp3) is 0.450. The Morgan fingerprint density at radius 1 is 1.04 bits per heavy atom. The van der Waals surface area contributed by atoms with E-state index in [1.165, 1.54) is 6.07 Å². The number of anilines is 2. The van der Waals surface area contributed by atoms with Crippen molar-refractivity contribution in [3.63, 3.8) is 0 Å². The summed E-state index contributed by atoms with van der Waals surface area (Å²) in [6.45, 7) is 6.89. The predicted molar refractivity (Wildman–Crippen MR) is 99.4 cm³/mol. The van der Waals surface area contributed by atoms with E-state index in [1.807, 2.05) is 19.1 Å². The Balaban J connectivity index is 1.53. The number of ketones is 1. The number of Topliss-reactive ketones (excluding diaryl/α,β-unsaturated/α-hetero) is 1. The van der Waals surface area contributed by atoms with E-state index >= 15 is 0 Å². The molecule has 1 saturated heterocycles. The first-order chi connectivity index (χ1) is 12.5. The van der Waals surface area contributed by atoms with Crippen LogP contribution < -0.4 is 9.80 Å². The maximum Gasteiger partial charge on any atom is 0.225 e. The van der Waals surface area contributed by atoms with Gasteiger partial charge >= 0.3 is 0 Å². The van der Waals surface area contributed by atoms with Crippen LogP contribution in [-0.2, 0) is 6.42 Å². The van der Waals surface area contributed by atoms with Crippen molar-refractivity contribution < 1.29 is 9.18 Å². The largest absolute Gasteiger partial charge is 0.366 e. The second-order valence-corrected chi connectivity index (χ2v) is 7.29. The third kappa shape index (κ3) is 3.04. The molecule has 26 heavy (non-hydrogen) atoms. The molecule has 5 nitrogen and oxygen atoms in total. The van der Waals surface area contributed by atoms with Gasteiger partial charge in [0, 0.05) is 32.6 Å². The fourth-order valence-corrected chi connectivity index (χ4v) is 3.94. The topological polar surface area (TPSA) is 49.3 Å². The van der Waals surface area contributed by atoms with Gasteiger partial charge in [0.05, 0.1) is 22.6 Å². The minimum absolute atomic E-state index is 0.159. The molecule has 6 heteroatoms. The molecule has 0 saturated carbocycles. The number of piperazine rings is 1. The Morgan fingerprint density at radius 3 is 2.46 bits per heavy atom. The zero-order valence-electron chi connectivity index (χ0n) is 15.2. The van der Waals surface area contributed by atoms with E-state index in [0.717, 1.165) is 49.6 Å². The van der Waals surface area contributed by atoms with Crippen LogP contribution in [0.5, 0.6) is 0 Å². The Bertz CT molecular complexity index is 846. The van der Waals surface area contributed by atoms with Crippen molar-refractivity contribution in [1.82, 2.24) is 9.97 Å². The summed E-state index contributed by atoms with van der Waals surface area (Å²) in [4.78, 5) is 25.8. The molecule has 2 aliphatic rings. The first-order valence-corrected chi connectivity index (χ1v) is 9.18. The number of hydrogen-bond acceptors (Lipinski definition) is 5. The Kier molecular flexibility index (Phi) is 4.34. The van der Waals surface area contributed by atoms with E-state index in [4.69, 9.17) is 4.98 Å². The Morgan fingerprint density at radius 2 is 1.73 bits per heavy atom. The van der Waals surface area contributed by atoms with E-state index in [-0.39, 0.29) is 11.6 Å².